The van der Waals surface area contributed by atoms with Crippen molar-refractivity contribution in [2.24, 2.45) is 0 Å². The molecule has 29 heavy (non-hydrogen) atoms. The first-order valence-electron chi connectivity index (χ1n) is 9.64. The van der Waals surface area contributed by atoms with Gasteiger partial charge in [0.2, 0.25) is 0 Å². The van der Waals surface area contributed by atoms with E-state index in [4.69, 9.17) is 0 Å². The SMILES string of the molecule is CCN(CC)CCN1C(=O)C(=O)/C(=C(/O)c2ccncc2)[C@H]1c1cccc(Br)c1. The van der Waals surface area contributed by atoms with Gasteiger partial charge in [-0.15, -0.1) is 0 Å². The van der Waals surface area contributed by atoms with Gasteiger partial charge in [0.15, 0.2) is 0 Å². The summed E-state index contributed by atoms with van der Waals surface area (Å²) in [4.78, 5) is 33.5. The Morgan fingerprint density at radius 1 is 1.17 bits per heavy atom. The van der Waals surface area contributed by atoms with Crippen LogP contribution in [0.15, 0.2) is 58.8 Å². The van der Waals surface area contributed by atoms with Crippen molar-refractivity contribution in [2.75, 3.05) is 26.2 Å². The highest BCUT2D eigenvalue weighted by atomic mass is 79.9. The van der Waals surface area contributed by atoms with Gasteiger partial charge < -0.3 is 14.9 Å². The predicted molar refractivity (Wildman–Crippen MR) is 115 cm³/mol. The Morgan fingerprint density at radius 2 is 1.86 bits per heavy atom. The van der Waals surface area contributed by atoms with Crippen LogP contribution < -0.4 is 0 Å². The largest absolute Gasteiger partial charge is 0.507 e. The molecule has 7 heteroatoms. The van der Waals surface area contributed by atoms with Crippen molar-refractivity contribution in [1.29, 1.82) is 0 Å². The zero-order valence-corrected chi connectivity index (χ0v) is 18.1. The van der Waals surface area contributed by atoms with Crippen molar-refractivity contribution in [2.45, 2.75) is 19.9 Å². The number of Topliss-reactive ketones (excluding diaryl/α,β-unsaturated/α-hetero) is 1. The van der Waals surface area contributed by atoms with Crippen molar-refractivity contribution < 1.29 is 14.7 Å². The fraction of sp³-hybridized carbons (Fsp3) is 0.318. The number of benzene rings is 1. The van der Waals surface area contributed by atoms with E-state index >= 15 is 0 Å². The summed E-state index contributed by atoms with van der Waals surface area (Å²) in [7, 11) is 0. The van der Waals surface area contributed by atoms with Gasteiger partial charge in [0.1, 0.15) is 5.76 Å². The molecule has 2 heterocycles. The Bertz CT molecular complexity index is 926. The lowest BCUT2D eigenvalue weighted by atomic mass is 9.95. The number of ketones is 1. The standard InChI is InChI=1S/C22H24BrN3O3/c1-3-25(4-2)12-13-26-19(16-6-5-7-17(23)14-16)18(21(28)22(26)29)20(27)15-8-10-24-11-9-15/h5-11,14,19,27H,3-4,12-13H2,1-2H3/b20-18+/t19-/m1/s1. The second-order valence-electron chi connectivity index (χ2n) is 6.81. The zero-order valence-electron chi connectivity index (χ0n) is 16.5. The molecule has 1 aliphatic rings. The summed E-state index contributed by atoms with van der Waals surface area (Å²) >= 11 is 3.46. The van der Waals surface area contributed by atoms with Crippen LogP contribution in [-0.2, 0) is 9.59 Å². The molecule has 2 aromatic rings. The maximum Gasteiger partial charge on any atom is 0.295 e. The predicted octanol–water partition coefficient (Wildman–Crippen LogP) is 3.61. The fourth-order valence-electron chi connectivity index (χ4n) is 3.59. The highest BCUT2D eigenvalue weighted by Crippen LogP contribution is 2.39. The number of halogens is 1. The second kappa shape index (κ2) is 9.33. The molecule has 1 fully saturated rings. The Balaban J connectivity index is 2.09. The number of pyridine rings is 1. The van der Waals surface area contributed by atoms with E-state index in [1.807, 2.05) is 24.3 Å². The van der Waals surface area contributed by atoms with E-state index in [-0.39, 0.29) is 11.3 Å². The van der Waals surface area contributed by atoms with E-state index in [1.54, 1.807) is 29.4 Å². The second-order valence-corrected chi connectivity index (χ2v) is 7.73. The highest BCUT2D eigenvalue weighted by Gasteiger charge is 2.45. The van der Waals surface area contributed by atoms with E-state index in [0.29, 0.717) is 18.7 Å². The Labute approximate surface area is 179 Å². The molecule has 1 amide bonds. The molecule has 0 unspecified atom stereocenters. The molecule has 1 aliphatic heterocycles. The van der Waals surface area contributed by atoms with Gasteiger partial charge in [0.05, 0.1) is 11.6 Å². The van der Waals surface area contributed by atoms with Crippen LogP contribution in [0.25, 0.3) is 5.76 Å². The van der Waals surface area contributed by atoms with Crippen molar-refractivity contribution in [3.8, 4) is 0 Å². The molecule has 0 radical (unpaired) electrons. The fourth-order valence-corrected chi connectivity index (χ4v) is 4.01. The molecule has 0 saturated carbocycles. The number of carbonyl (C=O) groups is 2. The molecule has 0 aliphatic carbocycles. The van der Waals surface area contributed by atoms with Crippen LogP contribution in [-0.4, -0.2) is 57.8 Å². The molecule has 1 aromatic carbocycles. The number of likely N-dealkylation sites (N-methyl/N-ethyl adjacent to an activating group) is 1. The van der Waals surface area contributed by atoms with E-state index in [2.05, 4.69) is 39.7 Å². The number of hydrogen-bond acceptors (Lipinski definition) is 5. The van der Waals surface area contributed by atoms with Crippen LogP contribution in [0.4, 0.5) is 0 Å². The third-order valence-corrected chi connectivity index (χ3v) is 5.70. The maximum absolute atomic E-state index is 12.9. The van der Waals surface area contributed by atoms with Crippen molar-refractivity contribution in [3.05, 3.63) is 70.0 Å². The number of rotatable bonds is 7. The third kappa shape index (κ3) is 4.41. The number of hydrogen-bond donors (Lipinski definition) is 1. The summed E-state index contributed by atoms with van der Waals surface area (Å²) in [6.07, 6.45) is 3.08. The number of nitrogens with zero attached hydrogens (tertiary/aromatic N) is 3. The summed E-state index contributed by atoms with van der Waals surface area (Å²) < 4.78 is 0.841. The van der Waals surface area contributed by atoms with Crippen molar-refractivity contribution in [3.63, 3.8) is 0 Å². The Hall–Kier alpha value is -2.51. The summed E-state index contributed by atoms with van der Waals surface area (Å²) in [6, 6.07) is 10.1. The van der Waals surface area contributed by atoms with Crippen LogP contribution in [0.1, 0.15) is 31.0 Å². The number of amides is 1. The van der Waals surface area contributed by atoms with Crippen LogP contribution in [0, 0.1) is 0 Å². The molecule has 152 valence electrons. The van der Waals surface area contributed by atoms with Crippen molar-refractivity contribution in [1.82, 2.24) is 14.8 Å². The first-order chi connectivity index (χ1) is 14.0. The monoisotopic (exact) mass is 457 g/mol. The van der Waals surface area contributed by atoms with Gasteiger partial charge in [-0.1, -0.05) is 41.9 Å². The van der Waals surface area contributed by atoms with E-state index in [9.17, 15) is 14.7 Å². The lowest BCUT2D eigenvalue weighted by Gasteiger charge is -2.28. The smallest absolute Gasteiger partial charge is 0.295 e. The minimum atomic E-state index is -0.663. The molecule has 3 rings (SSSR count). The van der Waals surface area contributed by atoms with Gasteiger partial charge in [-0.25, -0.2) is 0 Å². The molecule has 1 N–H and O–H groups in total. The highest BCUT2D eigenvalue weighted by molar-refractivity contribution is 9.10. The van der Waals surface area contributed by atoms with Gasteiger partial charge in [0, 0.05) is 35.5 Å². The molecule has 1 saturated heterocycles. The first kappa shape index (κ1) is 21.2. The van der Waals surface area contributed by atoms with Gasteiger partial charge in [-0.05, 0) is 42.9 Å². The number of likely N-dealkylation sites (tertiary alicyclic amines) is 1. The molecule has 0 bridgehead atoms. The summed E-state index contributed by atoms with van der Waals surface area (Å²) in [5.41, 5.74) is 1.34. The molecule has 1 aromatic heterocycles. The van der Waals surface area contributed by atoms with Gasteiger partial charge in [0.25, 0.3) is 11.7 Å². The van der Waals surface area contributed by atoms with Crippen molar-refractivity contribution >= 4 is 33.4 Å². The maximum atomic E-state index is 12.9. The van der Waals surface area contributed by atoms with Crippen LogP contribution in [0.2, 0.25) is 0 Å². The van der Waals surface area contributed by atoms with Gasteiger partial charge in [-0.3, -0.25) is 14.6 Å². The average molecular weight is 458 g/mol. The average Bonchev–Trinajstić information content (AvgIpc) is 2.99. The molecule has 0 spiro atoms. The minimum Gasteiger partial charge on any atom is -0.507 e. The van der Waals surface area contributed by atoms with Crippen LogP contribution in [0.3, 0.4) is 0 Å². The number of aliphatic hydroxyl groups is 1. The number of aliphatic hydroxyl groups excluding tert-OH is 1. The molecule has 1 atom stereocenters. The molecule has 6 nitrogen and oxygen atoms in total. The van der Waals surface area contributed by atoms with Gasteiger partial charge >= 0.3 is 0 Å². The number of aromatic nitrogens is 1. The molecular formula is C22H24BrN3O3. The Kier molecular flexibility index (Phi) is 6.82. The van der Waals surface area contributed by atoms with Crippen LogP contribution >= 0.6 is 15.9 Å². The normalized spacial score (nSPS) is 18.6. The number of carbonyl (C=O) groups excluding carboxylic acids is 2. The lowest BCUT2D eigenvalue weighted by Crippen LogP contribution is -2.38. The first-order valence-corrected chi connectivity index (χ1v) is 10.4. The third-order valence-electron chi connectivity index (χ3n) is 5.21. The summed E-state index contributed by atoms with van der Waals surface area (Å²) in [6.45, 7) is 6.90. The van der Waals surface area contributed by atoms with E-state index in [1.165, 1.54) is 0 Å². The van der Waals surface area contributed by atoms with Crippen LogP contribution in [0.5, 0.6) is 0 Å². The molecular weight excluding hydrogens is 434 g/mol. The lowest BCUT2D eigenvalue weighted by molar-refractivity contribution is -0.140. The van der Waals surface area contributed by atoms with E-state index < -0.39 is 17.7 Å². The minimum absolute atomic E-state index is 0.110. The zero-order chi connectivity index (χ0) is 21.0. The quantitative estimate of drug-likeness (QED) is 0.390. The Morgan fingerprint density at radius 3 is 2.48 bits per heavy atom. The van der Waals surface area contributed by atoms with E-state index in [0.717, 1.165) is 23.1 Å². The van der Waals surface area contributed by atoms with Gasteiger partial charge in [-0.2, -0.15) is 0 Å². The summed E-state index contributed by atoms with van der Waals surface area (Å²) in [5.74, 6) is -1.43. The topological polar surface area (TPSA) is 73.7 Å². The summed E-state index contributed by atoms with van der Waals surface area (Å²) in [5, 5.41) is 10.9.